The maximum Gasteiger partial charge on any atom is 0.0987 e. The quantitative estimate of drug-likeness (QED) is 0.252. The van der Waals surface area contributed by atoms with Crippen LogP contribution in [-0.4, -0.2) is 18.3 Å². The minimum Gasteiger partial charge on any atom is -0.380 e. The summed E-state index contributed by atoms with van der Waals surface area (Å²) in [4.78, 5) is 0. The van der Waals surface area contributed by atoms with Gasteiger partial charge in [0.1, 0.15) is 0 Å². The van der Waals surface area contributed by atoms with Gasteiger partial charge in [-0.15, -0.1) is 0 Å². The van der Waals surface area contributed by atoms with Gasteiger partial charge in [0.05, 0.1) is 11.2 Å². The average molecular weight is 443 g/mol. The molecule has 0 aliphatic carbocycles. The molecular formula is C12H17BrIN2OP. The lowest BCUT2D eigenvalue weighted by Gasteiger charge is -2.13. The molecule has 0 fully saturated rings. The molecule has 100 valence electrons. The van der Waals surface area contributed by atoms with Crippen molar-refractivity contribution in [2.75, 3.05) is 13.7 Å². The van der Waals surface area contributed by atoms with Gasteiger partial charge in [0.25, 0.3) is 0 Å². The van der Waals surface area contributed by atoms with Crippen LogP contribution in [0.4, 0.5) is 0 Å². The fourth-order valence-electron chi connectivity index (χ4n) is 1.30. The molecule has 0 aromatic carbocycles. The van der Waals surface area contributed by atoms with Crippen molar-refractivity contribution < 1.29 is 4.74 Å². The van der Waals surface area contributed by atoms with Crippen molar-refractivity contribution >= 4 is 49.0 Å². The van der Waals surface area contributed by atoms with Crippen LogP contribution in [0.1, 0.15) is 6.92 Å². The highest BCUT2D eigenvalue weighted by Gasteiger charge is 2.07. The Balaban J connectivity index is 5.65. The van der Waals surface area contributed by atoms with Gasteiger partial charge in [0.15, 0.2) is 0 Å². The lowest BCUT2D eigenvalue weighted by atomic mass is 10.0. The smallest absolute Gasteiger partial charge is 0.0987 e. The van der Waals surface area contributed by atoms with E-state index < -0.39 is 0 Å². The van der Waals surface area contributed by atoms with E-state index in [-0.39, 0.29) is 0 Å². The zero-order chi connectivity index (χ0) is 14.0. The van der Waals surface area contributed by atoms with Gasteiger partial charge >= 0.3 is 0 Å². The van der Waals surface area contributed by atoms with E-state index in [1.807, 2.05) is 19.1 Å². The first-order valence-electron chi connectivity index (χ1n) is 5.15. The summed E-state index contributed by atoms with van der Waals surface area (Å²) in [6.07, 6.45) is 7.98. The number of ether oxygens (including phenoxy) is 1. The lowest BCUT2D eigenvalue weighted by Crippen LogP contribution is -2.08. The molecule has 0 heterocycles. The Kier molecular flexibility index (Phi) is 10.9. The number of allylic oxidation sites excluding steroid dienone is 3. The second-order valence-electron chi connectivity index (χ2n) is 3.20. The van der Waals surface area contributed by atoms with Gasteiger partial charge in [-0.05, 0) is 56.5 Å². The lowest BCUT2D eigenvalue weighted by molar-refractivity contribution is 0.228. The molecule has 0 saturated carbocycles. The summed E-state index contributed by atoms with van der Waals surface area (Å²) in [5, 5.41) is 10.8. The number of methoxy groups -OCH3 is 1. The summed E-state index contributed by atoms with van der Waals surface area (Å²) in [5.74, 6) is 0. The summed E-state index contributed by atoms with van der Waals surface area (Å²) in [7, 11) is 1.65. The number of halogens is 2. The summed E-state index contributed by atoms with van der Waals surface area (Å²) < 4.78 is 5.49. The first-order valence-corrected chi connectivity index (χ1v) is 10.1. The molecule has 1 atom stereocenters. The van der Waals surface area contributed by atoms with E-state index >= 15 is 0 Å². The Labute approximate surface area is 132 Å². The largest absolute Gasteiger partial charge is 0.380 e. The first kappa shape index (κ1) is 18.0. The molecule has 0 spiro atoms. The Morgan fingerprint density at radius 3 is 2.67 bits per heavy atom. The van der Waals surface area contributed by atoms with Crippen molar-refractivity contribution in [2.45, 2.75) is 6.92 Å². The highest BCUT2D eigenvalue weighted by atomic mass is 127. The van der Waals surface area contributed by atoms with E-state index in [0.717, 1.165) is 16.8 Å². The van der Waals surface area contributed by atoms with E-state index in [1.165, 1.54) is 0 Å². The molecule has 0 aromatic rings. The summed E-state index contributed by atoms with van der Waals surface area (Å²) in [6.45, 7) is 6.26. The van der Waals surface area contributed by atoms with Gasteiger partial charge in [-0.25, -0.2) is 0 Å². The van der Waals surface area contributed by atoms with Crippen LogP contribution in [0.2, 0.25) is 0 Å². The molecule has 0 aliphatic heterocycles. The zero-order valence-corrected chi connectivity index (χ0v) is 15.1. The Morgan fingerprint density at radius 2 is 2.28 bits per heavy atom. The van der Waals surface area contributed by atoms with Crippen molar-refractivity contribution in [1.29, 1.82) is 5.41 Å². The number of rotatable bonds is 8. The second kappa shape index (κ2) is 10.9. The van der Waals surface area contributed by atoms with Crippen LogP contribution in [-0.2, 0) is 4.74 Å². The van der Waals surface area contributed by atoms with E-state index in [9.17, 15) is 0 Å². The Hall–Kier alpha value is 0.0300. The Morgan fingerprint density at radius 1 is 1.61 bits per heavy atom. The Bertz CT molecular complexity index is 392. The fraction of sp³-hybridized carbons (Fsp3) is 0.250. The average Bonchev–Trinajstić information content (AvgIpc) is 2.32. The molecule has 0 aromatic heterocycles. The predicted octanol–water partition coefficient (Wildman–Crippen LogP) is 4.48. The van der Waals surface area contributed by atoms with Gasteiger partial charge < -0.3 is 9.82 Å². The van der Waals surface area contributed by atoms with Crippen LogP contribution >= 0.6 is 44.3 Å². The molecule has 1 unspecified atom stereocenters. The zero-order valence-electron chi connectivity index (χ0n) is 10.4. The minimum absolute atomic E-state index is 0.322. The van der Waals surface area contributed by atoms with Crippen LogP contribution < -0.4 is 5.09 Å². The van der Waals surface area contributed by atoms with E-state index in [2.05, 4.69) is 49.6 Å². The van der Waals surface area contributed by atoms with Crippen molar-refractivity contribution in [3.63, 3.8) is 0 Å². The molecule has 0 amide bonds. The van der Waals surface area contributed by atoms with Crippen LogP contribution in [0.5, 0.6) is 0 Å². The van der Waals surface area contributed by atoms with Crippen molar-refractivity contribution in [3.05, 3.63) is 47.7 Å². The molecule has 0 rings (SSSR count). The SMILES string of the molecule is C=C/C(COC)=C(\C=C/C)C(=C/C(=N)Br)/NPI. The third-order valence-electron chi connectivity index (χ3n) is 1.97. The van der Waals surface area contributed by atoms with Crippen molar-refractivity contribution in [2.24, 2.45) is 0 Å². The summed E-state index contributed by atoms with van der Waals surface area (Å²) in [6, 6.07) is 0. The number of hydrogen-bond acceptors (Lipinski definition) is 3. The molecule has 3 nitrogen and oxygen atoms in total. The van der Waals surface area contributed by atoms with Crippen LogP contribution in [0.15, 0.2) is 47.7 Å². The maximum absolute atomic E-state index is 7.53. The fourth-order valence-corrected chi connectivity index (χ4v) is 2.71. The number of hydrogen-bond donors (Lipinski definition) is 2. The standard InChI is InChI=1S/C12H17BrIN2OP/c1-4-6-10(9(5-2)8-17-3)11(16-18-14)7-12(13)15/h4-7,15-16,18H,2,8H2,1,3H3/b6-4-,10-9-,11-7-,15-12?. The van der Waals surface area contributed by atoms with Gasteiger partial charge in [-0.3, -0.25) is 5.41 Å². The van der Waals surface area contributed by atoms with Crippen molar-refractivity contribution in [3.8, 4) is 0 Å². The third kappa shape index (κ3) is 6.83. The van der Waals surface area contributed by atoms with Gasteiger partial charge in [-0.2, -0.15) is 0 Å². The van der Waals surface area contributed by atoms with Gasteiger partial charge in [0, 0.05) is 24.8 Å². The van der Waals surface area contributed by atoms with Crippen molar-refractivity contribution in [1.82, 2.24) is 5.09 Å². The highest BCUT2D eigenvalue weighted by Crippen LogP contribution is 2.24. The van der Waals surface area contributed by atoms with Crippen LogP contribution in [0, 0.1) is 5.41 Å². The summed E-state index contributed by atoms with van der Waals surface area (Å²) >= 11 is 5.39. The first-order chi connectivity index (χ1) is 8.60. The third-order valence-corrected chi connectivity index (χ3v) is 3.37. The normalized spacial score (nSPS) is 14.1. The molecule has 18 heavy (non-hydrogen) atoms. The number of nitrogens with one attached hydrogen (secondary N) is 2. The monoisotopic (exact) mass is 442 g/mol. The summed E-state index contributed by atoms with van der Waals surface area (Å²) in [5.41, 5.74) is 2.86. The molecular weight excluding hydrogens is 426 g/mol. The van der Waals surface area contributed by atoms with Gasteiger partial charge in [0.2, 0.25) is 0 Å². The molecule has 0 bridgehead atoms. The minimum atomic E-state index is 0.322. The second-order valence-corrected chi connectivity index (χ2v) is 6.11. The van der Waals surface area contributed by atoms with Crippen LogP contribution in [0.25, 0.3) is 0 Å². The van der Waals surface area contributed by atoms with Gasteiger partial charge in [-0.1, -0.05) is 24.8 Å². The molecule has 0 saturated heterocycles. The molecule has 2 N–H and O–H groups in total. The highest BCUT2D eigenvalue weighted by molar-refractivity contribution is 14.2. The van der Waals surface area contributed by atoms with E-state index in [0.29, 0.717) is 17.6 Å². The van der Waals surface area contributed by atoms with E-state index in [4.69, 9.17) is 10.1 Å². The van der Waals surface area contributed by atoms with E-state index in [1.54, 1.807) is 19.3 Å². The maximum atomic E-state index is 7.53. The van der Waals surface area contributed by atoms with Crippen LogP contribution in [0.3, 0.4) is 0 Å². The molecule has 0 radical (unpaired) electrons. The predicted molar refractivity (Wildman–Crippen MR) is 94.1 cm³/mol. The molecule has 0 aliphatic rings. The topological polar surface area (TPSA) is 45.1 Å². The molecule has 6 heteroatoms.